The lowest BCUT2D eigenvalue weighted by atomic mass is 10.1. The van der Waals surface area contributed by atoms with Gasteiger partial charge in [-0.15, -0.1) is 0 Å². The van der Waals surface area contributed by atoms with Crippen molar-refractivity contribution >= 4 is 11.8 Å². The summed E-state index contributed by atoms with van der Waals surface area (Å²) in [5.41, 5.74) is 0.766. The number of ether oxygens (including phenoxy) is 1. The monoisotopic (exact) mass is 369 g/mol. The molecule has 0 bridgehead atoms. The minimum atomic E-state index is 0.238. The van der Waals surface area contributed by atoms with Crippen molar-refractivity contribution in [3.8, 4) is 11.5 Å². The number of pyridine rings is 1. The van der Waals surface area contributed by atoms with Crippen LogP contribution in [-0.2, 0) is 6.54 Å². The van der Waals surface area contributed by atoms with Crippen LogP contribution in [0.2, 0.25) is 0 Å². The highest BCUT2D eigenvalue weighted by Crippen LogP contribution is 2.22. The first-order valence-corrected chi connectivity index (χ1v) is 9.18. The highest BCUT2D eigenvalue weighted by molar-refractivity contribution is 5.80. The lowest BCUT2D eigenvalue weighted by molar-refractivity contribution is 0.410. The summed E-state index contributed by atoms with van der Waals surface area (Å²) in [6.07, 6.45) is 3.86. The molecule has 1 aliphatic heterocycles. The summed E-state index contributed by atoms with van der Waals surface area (Å²) in [7, 11) is 3.37. The largest absolute Gasteiger partial charge is 0.508 e. The molecule has 2 heterocycles. The van der Waals surface area contributed by atoms with Gasteiger partial charge in [0, 0.05) is 44.5 Å². The van der Waals surface area contributed by atoms with Gasteiger partial charge in [-0.25, -0.2) is 4.98 Å². The molecule has 0 radical (unpaired) electrons. The van der Waals surface area contributed by atoms with Gasteiger partial charge in [-0.2, -0.15) is 0 Å². The van der Waals surface area contributed by atoms with Gasteiger partial charge >= 0.3 is 0 Å². The van der Waals surface area contributed by atoms with Gasteiger partial charge in [-0.05, 0) is 43.2 Å². The van der Waals surface area contributed by atoms with Crippen LogP contribution in [0.25, 0.3) is 0 Å². The van der Waals surface area contributed by atoms with Gasteiger partial charge in [0.1, 0.15) is 17.3 Å². The number of hydrogen-bond acceptors (Lipinski definition) is 5. The Kier molecular flexibility index (Phi) is 6.35. The Hall–Kier alpha value is -2.96. The predicted molar refractivity (Wildman–Crippen MR) is 107 cm³/mol. The van der Waals surface area contributed by atoms with Crippen LogP contribution in [0, 0.1) is 0 Å². The van der Waals surface area contributed by atoms with E-state index in [1.807, 2.05) is 24.4 Å². The van der Waals surface area contributed by atoms with Gasteiger partial charge < -0.3 is 25.4 Å². The van der Waals surface area contributed by atoms with Gasteiger partial charge in [0.15, 0.2) is 5.96 Å². The van der Waals surface area contributed by atoms with Crippen LogP contribution >= 0.6 is 0 Å². The van der Waals surface area contributed by atoms with E-state index in [4.69, 9.17) is 4.74 Å². The Balaban J connectivity index is 1.50. The zero-order valence-electron chi connectivity index (χ0n) is 15.9. The molecule has 1 saturated heterocycles. The van der Waals surface area contributed by atoms with Crippen LogP contribution in [0.15, 0.2) is 47.6 Å². The molecule has 0 atom stereocenters. The zero-order valence-corrected chi connectivity index (χ0v) is 15.9. The van der Waals surface area contributed by atoms with E-state index in [9.17, 15) is 5.11 Å². The van der Waals surface area contributed by atoms with Crippen LogP contribution in [0.1, 0.15) is 18.4 Å². The summed E-state index contributed by atoms with van der Waals surface area (Å²) in [6, 6.07) is 11.6. The standard InChI is InChI=1S/C20H27N5O2/c1-21-20(23-14-15-13-17(27-2)6-7-18(15)26)24-16-8-11-25(12-9-16)19-5-3-4-10-22-19/h3-7,10,13,16,26H,8-9,11-12,14H2,1-2H3,(H2,21,23,24). The molecule has 1 aromatic carbocycles. The molecule has 0 amide bonds. The smallest absolute Gasteiger partial charge is 0.191 e. The van der Waals surface area contributed by atoms with Crippen molar-refractivity contribution in [2.24, 2.45) is 4.99 Å². The van der Waals surface area contributed by atoms with Gasteiger partial charge in [0.25, 0.3) is 0 Å². The number of nitrogens with zero attached hydrogens (tertiary/aromatic N) is 3. The molecule has 3 N–H and O–H groups in total. The molecule has 1 aromatic heterocycles. The number of rotatable bonds is 5. The van der Waals surface area contributed by atoms with E-state index in [0.717, 1.165) is 49.0 Å². The van der Waals surface area contributed by atoms with Gasteiger partial charge in [0.2, 0.25) is 0 Å². The predicted octanol–water partition coefficient (Wildman–Crippen LogP) is 2.13. The fraction of sp³-hybridized carbons (Fsp3) is 0.400. The molecule has 0 spiro atoms. The molecular formula is C20H27N5O2. The number of anilines is 1. The molecule has 0 saturated carbocycles. The van der Waals surface area contributed by atoms with Crippen molar-refractivity contribution < 1.29 is 9.84 Å². The van der Waals surface area contributed by atoms with E-state index in [2.05, 4.69) is 31.6 Å². The molecule has 1 fully saturated rings. The summed E-state index contributed by atoms with van der Waals surface area (Å²) >= 11 is 0. The third-order valence-electron chi connectivity index (χ3n) is 4.77. The van der Waals surface area contributed by atoms with Gasteiger partial charge in [-0.3, -0.25) is 4.99 Å². The molecule has 3 rings (SSSR count). The van der Waals surface area contributed by atoms with Crippen molar-refractivity contribution in [1.82, 2.24) is 15.6 Å². The fourth-order valence-electron chi connectivity index (χ4n) is 3.19. The van der Waals surface area contributed by atoms with Crippen LogP contribution in [-0.4, -0.2) is 49.3 Å². The van der Waals surface area contributed by atoms with Crippen molar-refractivity contribution in [3.63, 3.8) is 0 Å². The SMILES string of the molecule is CN=C(NCc1cc(OC)ccc1O)NC1CCN(c2ccccn2)CC1. The van der Waals surface area contributed by atoms with E-state index >= 15 is 0 Å². The topological polar surface area (TPSA) is 82.0 Å². The molecule has 0 aliphatic carbocycles. The zero-order chi connectivity index (χ0) is 19.1. The van der Waals surface area contributed by atoms with E-state index in [1.54, 1.807) is 26.3 Å². The number of nitrogens with one attached hydrogen (secondary N) is 2. The number of benzene rings is 1. The van der Waals surface area contributed by atoms with Gasteiger partial charge in [-0.1, -0.05) is 6.07 Å². The summed E-state index contributed by atoms with van der Waals surface area (Å²) in [6.45, 7) is 2.39. The maximum atomic E-state index is 10.0. The van der Waals surface area contributed by atoms with Crippen molar-refractivity contribution in [1.29, 1.82) is 0 Å². The minimum absolute atomic E-state index is 0.238. The molecule has 0 unspecified atom stereocenters. The maximum absolute atomic E-state index is 10.0. The summed E-state index contributed by atoms with van der Waals surface area (Å²) < 4.78 is 5.22. The second kappa shape index (κ2) is 9.12. The van der Waals surface area contributed by atoms with Crippen LogP contribution in [0.5, 0.6) is 11.5 Å². The highest BCUT2D eigenvalue weighted by Gasteiger charge is 2.20. The van der Waals surface area contributed by atoms with Crippen LogP contribution in [0.3, 0.4) is 0 Å². The number of hydrogen-bond donors (Lipinski definition) is 3. The quantitative estimate of drug-likeness (QED) is 0.553. The number of aliphatic imine (C=N–C) groups is 1. The van der Waals surface area contributed by atoms with Crippen molar-refractivity contribution in [2.75, 3.05) is 32.1 Å². The number of aromatic nitrogens is 1. The fourth-order valence-corrected chi connectivity index (χ4v) is 3.19. The van der Waals surface area contributed by atoms with Crippen LogP contribution < -0.4 is 20.3 Å². The number of methoxy groups -OCH3 is 1. The second-order valence-corrected chi connectivity index (χ2v) is 6.51. The molecule has 7 heteroatoms. The third kappa shape index (κ3) is 5.03. The second-order valence-electron chi connectivity index (χ2n) is 6.51. The van der Waals surface area contributed by atoms with E-state index in [-0.39, 0.29) is 5.75 Å². The Morgan fingerprint density at radius 3 is 2.78 bits per heavy atom. The normalized spacial score (nSPS) is 15.5. The lowest BCUT2D eigenvalue weighted by Crippen LogP contribution is -2.48. The number of phenolic OH excluding ortho intramolecular Hbond substituents is 1. The average Bonchev–Trinajstić information content (AvgIpc) is 2.73. The first-order valence-electron chi connectivity index (χ1n) is 9.18. The Labute approximate surface area is 160 Å². The van der Waals surface area contributed by atoms with Gasteiger partial charge in [0.05, 0.1) is 7.11 Å². The molecule has 1 aliphatic rings. The molecule has 7 nitrogen and oxygen atoms in total. The first-order chi connectivity index (χ1) is 13.2. The third-order valence-corrected chi connectivity index (χ3v) is 4.77. The Morgan fingerprint density at radius 2 is 2.11 bits per heavy atom. The van der Waals surface area contributed by atoms with Crippen molar-refractivity contribution in [3.05, 3.63) is 48.2 Å². The number of phenols is 1. The average molecular weight is 369 g/mol. The Morgan fingerprint density at radius 1 is 1.30 bits per heavy atom. The molecule has 2 aromatic rings. The van der Waals surface area contributed by atoms with E-state index < -0.39 is 0 Å². The molecule has 144 valence electrons. The summed E-state index contributed by atoms with van der Waals surface area (Å²) in [5, 5.41) is 16.7. The maximum Gasteiger partial charge on any atom is 0.191 e. The summed E-state index contributed by atoms with van der Waals surface area (Å²) in [4.78, 5) is 11.0. The Bertz CT molecular complexity index is 758. The molecule has 27 heavy (non-hydrogen) atoms. The first kappa shape index (κ1) is 18.8. The summed E-state index contributed by atoms with van der Waals surface area (Å²) in [5.74, 6) is 2.72. The van der Waals surface area contributed by atoms with E-state index in [0.29, 0.717) is 12.6 Å². The lowest BCUT2D eigenvalue weighted by Gasteiger charge is -2.33. The van der Waals surface area contributed by atoms with E-state index in [1.165, 1.54) is 0 Å². The number of aromatic hydroxyl groups is 1. The van der Waals surface area contributed by atoms with Crippen LogP contribution in [0.4, 0.5) is 5.82 Å². The number of piperidine rings is 1. The highest BCUT2D eigenvalue weighted by atomic mass is 16.5. The number of guanidine groups is 1. The minimum Gasteiger partial charge on any atom is -0.508 e. The molecular weight excluding hydrogens is 342 g/mol. The van der Waals surface area contributed by atoms with Crippen molar-refractivity contribution in [2.45, 2.75) is 25.4 Å².